The van der Waals surface area contributed by atoms with Crippen molar-refractivity contribution in [3.05, 3.63) is 30.1 Å². The number of rotatable bonds is 5. The van der Waals surface area contributed by atoms with Gasteiger partial charge in [0.15, 0.2) is 0 Å². The van der Waals surface area contributed by atoms with E-state index in [1.165, 1.54) is 12.6 Å². The van der Waals surface area contributed by atoms with Crippen molar-refractivity contribution in [2.75, 3.05) is 0 Å². The molecule has 0 saturated heterocycles. The molecular weight excluding hydrogens is 268 g/mol. The van der Waals surface area contributed by atoms with Gasteiger partial charge in [0, 0.05) is 12.2 Å². The van der Waals surface area contributed by atoms with E-state index in [1.807, 2.05) is 6.07 Å². The van der Waals surface area contributed by atoms with Crippen LogP contribution in [0.1, 0.15) is 44.2 Å². The summed E-state index contributed by atoms with van der Waals surface area (Å²) < 4.78 is 0. The molecule has 6 nitrogen and oxygen atoms in total. The largest absolute Gasteiger partial charge is 0.353 e. The van der Waals surface area contributed by atoms with Crippen molar-refractivity contribution in [1.29, 1.82) is 0 Å². The first-order chi connectivity index (χ1) is 10.2. The Morgan fingerprint density at radius 1 is 1.24 bits per heavy atom. The van der Waals surface area contributed by atoms with E-state index in [0.29, 0.717) is 5.69 Å². The molecule has 1 aromatic rings. The van der Waals surface area contributed by atoms with Gasteiger partial charge in [-0.1, -0.05) is 25.3 Å². The quantitative estimate of drug-likeness (QED) is 0.487. The van der Waals surface area contributed by atoms with Crippen LogP contribution in [-0.2, 0) is 9.59 Å². The first kappa shape index (κ1) is 15.2. The minimum absolute atomic E-state index is 0.198. The lowest BCUT2D eigenvalue weighted by molar-refractivity contribution is -0.129. The molecule has 0 atom stereocenters. The Hall–Kier alpha value is -2.24. The van der Waals surface area contributed by atoms with Gasteiger partial charge in [0.25, 0.3) is 0 Å². The standard InChI is InChI=1S/C15H20N4O2/c20-14(18-12-6-2-1-3-7-12)10-15(21)19-17-11-13-8-4-5-9-16-13/h4-5,8-9,11-12H,1-3,6-7,10H2,(H,18,20)(H,19,21)/b17-11+. The van der Waals surface area contributed by atoms with Crippen LogP contribution in [0.25, 0.3) is 0 Å². The normalized spacial score (nSPS) is 15.8. The van der Waals surface area contributed by atoms with E-state index in [0.717, 1.165) is 25.7 Å². The summed E-state index contributed by atoms with van der Waals surface area (Å²) in [4.78, 5) is 27.3. The van der Waals surface area contributed by atoms with Gasteiger partial charge in [-0.05, 0) is 25.0 Å². The molecule has 0 spiro atoms. The topological polar surface area (TPSA) is 83.5 Å². The molecule has 1 heterocycles. The molecule has 0 bridgehead atoms. The van der Waals surface area contributed by atoms with Crippen LogP contribution in [0.2, 0.25) is 0 Å². The van der Waals surface area contributed by atoms with Gasteiger partial charge in [0.1, 0.15) is 6.42 Å². The SMILES string of the molecule is O=C(CC(=O)NC1CCCCC1)N/N=C/c1ccccn1. The van der Waals surface area contributed by atoms with Crippen molar-refractivity contribution in [1.82, 2.24) is 15.7 Å². The zero-order valence-electron chi connectivity index (χ0n) is 11.9. The molecule has 2 N–H and O–H groups in total. The molecule has 2 rings (SSSR count). The fourth-order valence-corrected chi connectivity index (χ4v) is 2.33. The molecule has 1 fully saturated rings. The summed E-state index contributed by atoms with van der Waals surface area (Å²) >= 11 is 0. The number of pyridine rings is 1. The van der Waals surface area contributed by atoms with E-state index in [2.05, 4.69) is 20.8 Å². The molecule has 0 aliphatic heterocycles. The molecular formula is C15H20N4O2. The number of aromatic nitrogens is 1. The fraction of sp³-hybridized carbons (Fsp3) is 0.467. The summed E-state index contributed by atoms with van der Waals surface area (Å²) in [5.74, 6) is -0.664. The van der Waals surface area contributed by atoms with Gasteiger partial charge in [-0.2, -0.15) is 5.10 Å². The highest BCUT2D eigenvalue weighted by molar-refractivity contribution is 5.97. The van der Waals surface area contributed by atoms with Crippen LogP contribution < -0.4 is 10.7 Å². The van der Waals surface area contributed by atoms with Crippen LogP contribution in [0.5, 0.6) is 0 Å². The smallest absolute Gasteiger partial charge is 0.249 e. The number of hydrogen-bond donors (Lipinski definition) is 2. The van der Waals surface area contributed by atoms with Crippen LogP contribution in [0.3, 0.4) is 0 Å². The van der Waals surface area contributed by atoms with Gasteiger partial charge < -0.3 is 5.32 Å². The average Bonchev–Trinajstić information content (AvgIpc) is 2.49. The molecule has 2 amide bonds. The molecule has 0 aromatic carbocycles. The predicted octanol–water partition coefficient (Wildman–Crippen LogP) is 1.37. The van der Waals surface area contributed by atoms with Crippen molar-refractivity contribution in [3.63, 3.8) is 0 Å². The summed E-state index contributed by atoms with van der Waals surface area (Å²) in [6, 6.07) is 5.61. The predicted molar refractivity (Wildman–Crippen MR) is 79.6 cm³/mol. The number of nitrogens with one attached hydrogen (secondary N) is 2. The van der Waals surface area contributed by atoms with Crippen molar-refractivity contribution < 1.29 is 9.59 Å². The minimum atomic E-state index is -0.421. The molecule has 1 saturated carbocycles. The van der Waals surface area contributed by atoms with Gasteiger partial charge in [0.2, 0.25) is 11.8 Å². The number of amides is 2. The molecule has 1 aliphatic carbocycles. The fourth-order valence-electron chi connectivity index (χ4n) is 2.33. The second-order valence-electron chi connectivity index (χ2n) is 5.13. The van der Waals surface area contributed by atoms with E-state index in [4.69, 9.17) is 0 Å². The average molecular weight is 288 g/mol. The Morgan fingerprint density at radius 2 is 2.05 bits per heavy atom. The maximum absolute atomic E-state index is 11.7. The summed E-state index contributed by atoms with van der Waals surface area (Å²) in [7, 11) is 0. The second kappa shape index (κ2) is 8.14. The maximum atomic E-state index is 11.7. The van der Waals surface area contributed by atoms with Gasteiger partial charge in [0.05, 0.1) is 11.9 Å². The van der Waals surface area contributed by atoms with Crippen LogP contribution >= 0.6 is 0 Å². The highest BCUT2D eigenvalue weighted by Gasteiger charge is 2.17. The van der Waals surface area contributed by atoms with Crippen LogP contribution in [0.4, 0.5) is 0 Å². The zero-order chi connectivity index (χ0) is 14.9. The lowest BCUT2D eigenvalue weighted by atomic mass is 9.95. The van der Waals surface area contributed by atoms with E-state index in [-0.39, 0.29) is 18.4 Å². The monoisotopic (exact) mass is 288 g/mol. The Bertz CT molecular complexity index is 496. The highest BCUT2D eigenvalue weighted by atomic mass is 16.2. The zero-order valence-corrected chi connectivity index (χ0v) is 11.9. The van der Waals surface area contributed by atoms with Gasteiger partial charge >= 0.3 is 0 Å². The summed E-state index contributed by atoms with van der Waals surface area (Å²) in [6.07, 6.45) is 8.41. The number of nitrogens with zero attached hydrogens (tertiary/aromatic N) is 2. The molecule has 112 valence electrons. The Kier molecular flexibility index (Phi) is 5.87. The molecule has 1 aliphatic rings. The third-order valence-corrected chi connectivity index (χ3v) is 3.37. The number of carbonyl (C=O) groups excluding carboxylic acids is 2. The van der Waals surface area contributed by atoms with Crippen LogP contribution in [0.15, 0.2) is 29.5 Å². The van der Waals surface area contributed by atoms with E-state index in [1.54, 1.807) is 18.3 Å². The molecule has 6 heteroatoms. The molecule has 0 unspecified atom stereocenters. The van der Waals surface area contributed by atoms with E-state index >= 15 is 0 Å². The van der Waals surface area contributed by atoms with Crippen molar-refractivity contribution in [3.8, 4) is 0 Å². The third-order valence-electron chi connectivity index (χ3n) is 3.37. The van der Waals surface area contributed by atoms with Gasteiger partial charge in [-0.25, -0.2) is 5.43 Å². The lowest BCUT2D eigenvalue weighted by Gasteiger charge is -2.22. The second-order valence-corrected chi connectivity index (χ2v) is 5.13. The van der Waals surface area contributed by atoms with Crippen molar-refractivity contribution in [2.45, 2.75) is 44.6 Å². The van der Waals surface area contributed by atoms with E-state index in [9.17, 15) is 9.59 Å². The van der Waals surface area contributed by atoms with Crippen molar-refractivity contribution in [2.24, 2.45) is 5.10 Å². The molecule has 21 heavy (non-hydrogen) atoms. The van der Waals surface area contributed by atoms with Crippen LogP contribution in [-0.4, -0.2) is 29.1 Å². The third kappa shape index (κ3) is 5.72. The Morgan fingerprint density at radius 3 is 2.76 bits per heavy atom. The first-order valence-electron chi connectivity index (χ1n) is 7.26. The highest BCUT2D eigenvalue weighted by Crippen LogP contribution is 2.17. The minimum Gasteiger partial charge on any atom is -0.353 e. The van der Waals surface area contributed by atoms with Crippen LogP contribution in [0, 0.1) is 0 Å². The summed E-state index contributed by atoms with van der Waals surface area (Å²) in [5.41, 5.74) is 2.97. The lowest BCUT2D eigenvalue weighted by Crippen LogP contribution is -2.38. The van der Waals surface area contributed by atoms with Gasteiger partial charge in [-0.3, -0.25) is 14.6 Å². The number of hydrogen-bond acceptors (Lipinski definition) is 4. The van der Waals surface area contributed by atoms with E-state index < -0.39 is 5.91 Å². The summed E-state index contributed by atoms with van der Waals surface area (Å²) in [6.45, 7) is 0. The first-order valence-corrected chi connectivity index (χ1v) is 7.26. The van der Waals surface area contributed by atoms with Gasteiger partial charge in [-0.15, -0.1) is 0 Å². The maximum Gasteiger partial charge on any atom is 0.249 e. The summed E-state index contributed by atoms with van der Waals surface area (Å²) in [5, 5.41) is 6.67. The Labute approximate surface area is 124 Å². The molecule has 0 radical (unpaired) electrons. The van der Waals surface area contributed by atoms with Crippen molar-refractivity contribution >= 4 is 18.0 Å². The Balaban J connectivity index is 1.69. The molecule has 1 aromatic heterocycles. The number of hydrazone groups is 1. The number of carbonyl (C=O) groups is 2.